The van der Waals surface area contributed by atoms with E-state index in [4.69, 9.17) is 18.0 Å². The van der Waals surface area contributed by atoms with Crippen molar-refractivity contribution in [3.63, 3.8) is 0 Å². The average Bonchev–Trinajstić information content (AvgIpc) is 2.45. The molecular formula is C14H16N4S. The summed E-state index contributed by atoms with van der Waals surface area (Å²) in [5.74, 6) is 0. The number of pyridine rings is 2. The minimum atomic E-state index is 0.363. The van der Waals surface area contributed by atoms with Crippen molar-refractivity contribution in [1.82, 2.24) is 9.97 Å². The maximum Gasteiger partial charge on any atom is 0.106 e. The number of hydrogen-bond acceptors (Lipinski definition) is 4. The van der Waals surface area contributed by atoms with Crippen LogP contribution in [0, 0.1) is 0 Å². The molecule has 5 heteroatoms. The molecule has 0 bridgehead atoms. The van der Waals surface area contributed by atoms with Gasteiger partial charge in [0.2, 0.25) is 0 Å². The molecule has 2 heterocycles. The molecule has 0 aliphatic rings. The Kier molecular flexibility index (Phi) is 4.41. The number of nitrogens with two attached hydrogens (primary N) is 1. The topological polar surface area (TPSA) is 63.8 Å². The molecule has 98 valence electrons. The fourth-order valence-electron chi connectivity index (χ4n) is 1.88. The lowest BCUT2D eigenvalue weighted by atomic mass is 10.1. The number of aromatic nitrogens is 2. The molecule has 0 spiro atoms. The van der Waals surface area contributed by atoms with Crippen LogP contribution in [0.2, 0.25) is 0 Å². The molecule has 0 unspecified atom stereocenters. The van der Waals surface area contributed by atoms with Crippen molar-refractivity contribution < 1.29 is 0 Å². The van der Waals surface area contributed by atoms with Crippen molar-refractivity contribution in [1.29, 1.82) is 0 Å². The summed E-state index contributed by atoms with van der Waals surface area (Å²) in [6.45, 7) is 2.75. The van der Waals surface area contributed by atoms with E-state index < -0.39 is 0 Å². The number of rotatable bonds is 5. The van der Waals surface area contributed by atoms with Crippen molar-refractivity contribution in [2.24, 2.45) is 5.73 Å². The number of aryl methyl sites for hydroxylation is 1. The summed E-state index contributed by atoms with van der Waals surface area (Å²) in [5.41, 5.74) is 9.59. The van der Waals surface area contributed by atoms with E-state index in [0.717, 1.165) is 23.4 Å². The van der Waals surface area contributed by atoms with Crippen molar-refractivity contribution in [2.45, 2.75) is 19.9 Å². The lowest BCUT2D eigenvalue weighted by Gasteiger charge is -2.11. The van der Waals surface area contributed by atoms with Gasteiger partial charge < -0.3 is 11.1 Å². The fourth-order valence-corrected chi connectivity index (χ4v) is 2.06. The first-order valence-electron chi connectivity index (χ1n) is 6.12. The Hall–Kier alpha value is -2.01. The predicted octanol–water partition coefficient (Wildman–Crippen LogP) is 2.29. The molecule has 0 atom stereocenters. The summed E-state index contributed by atoms with van der Waals surface area (Å²) < 4.78 is 0. The first-order valence-corrected chi connectivity index (χ1v) is 6.53. The third-order valence-electron chi connectivity index (χ3n) is 2.90. The molecule has 0 radical (unpaired) electrons. The molecule has 0 amide bonds. The van der Waals surface area contributed by atoms with Crippen LogP contribution in [0.15, 0.2) is 36.8 Å². The van der Waals surface area contributed by atoms with Gasteiger partial charge in [0, 0.05) is 18.0 Å². The molecule has 3 N–H and O–H groups in total. The Morgan fingerprint density at radius 3 is 2.95 bits per heavy atom. The van der Waals surface area contributed by atoms with E-state index in [1.54, 1.807) is 18.6 Å². The lowest BCUT2D eigenvalue weighted by Crippen LogP contribution is -2.14. The third kappa shape index (κ3) is 3.26. The van der Waals surface area contributed by atoms with Gasteiger partial charge >= 0.3 is 0 Å². The van der Waals surface area contributed by atoms with E-state index in [1.165, 1.54) is 5.56 Å². The summed E-state index contributed by atoms with van der Waals surface area (Å²) in [6.07, 6.45) is 6.16. The Labute approximate surface area is 118 Å². The highest BCUT2D eigenvalue weighted by atomic mass is 32.1. The fraction of sp³-hybridized carbons (Fsp3) is 0.214. The molecule has 0 aromatic carbocycles. The van der Waals surface area contributed by atoms with Crippen molar-refractivity contribution >= 4 is 22.9 Å². The van der Waals surface area contributed by atoms with E-state index in [0.29, 0.717) is 11.5 Å². The van der Waals surface area contributed by atoms with Gasteiger partial charge in [0.15, 0.2) is 0 Å². The highest BCUT2D eigenvalue weighted by Gasteiger charge is 2.06. The lowest BCUT2D eigenvalue weighted by molar-refractivity contribution is 0.970. The zero-order chi connectivity index (χ0) is 13.7. The van der Waals surface area contributed by atoms with E-state index in [2.05, 4.69) is 28.3 Å². The number of nitrogens with one attached hydrogen (secondary N) is 1. The van der Waals surface area contributed by atoms with E-state index >= 15 is 0 Å². The second kappa shape index (κ2) is 6.24. The Balaban J connectivity index is 2.17. The summed E-state index contributed by atoms with van der Waals surface area (Å²) in [4.78, 5) is 8.84. The summed E-state index contributed by atoms with van der Waals surface area (Å²) in [7, 11) is 0. The van der Waals surface area contributed by atoms with Crippen LogP contribution in [-0.2, 0) is 13.0 Å². The van der Waals surface area contributed by atoms with Crippen molar-refractivity contribution in [3.8, 4) is 0 Å². The highest BCUT2D eigenvalue weighted by Crippen LogP contribution is 2.15. The molecule has 2 aromatic heterocycles. The van der Waals surface area contributed by atoms with Gasteiger partial charge in [-0.1, -0.05) is 25.2 Å². The molecule has 0 fully saturated rings. The Morgan fingerprint density at radius 2 is 2.21 bits per heavy atom. The van der Waals surface area contributed by atoms with Crippen LogP contribution < -0.4 is 11.1 Å². The van der Waals surface area contributed by atoms with Gasteiger partial charge in [-0.2, -0.15) is 0 Å². The average molecular weight is 272 g/mol. The van der Waals surface area contributed by atoms with Crippen molar-refractivity contribution in [3.05, 3.63) is 53.6 Å². The van der Waals surface area contributed by atoms with Gasteiger partial charge in [0.1, 0.15) is 4.99 Å². The molecule has 19 heavy (non-hydrogen) atoms. The number of nitrogens with zero attached hydrogens (tertiary/aromatic N) is 2. The molecule has 0 saturated carbocycles. The SMILES string of the molecule is CCc1cccnc1CNc1cnccc1C(N)=S. The van der Waals surface area contributed by atoms with Gasteiger partial charge in [-0.05, 0) is 24.1 Å². The summed E-state index contributed by atoms with van der Waals surface area (Å²) in [5, 5.41) is 3.29. The first kappa shape index (κ1) is 13.4. The molecule has 2 rings (SSSR count). The molecule has 0 aliphatic carbocycles. The number of hydrogen-bond donors (Lipinski definition) is 2. The number of anilines is 1. The predicted molar refractivity (Wildman–Crippen MR) is 81.1 cm³/mol. The zero-order valence-electron chi connectivity index (χ0n) is 10.8. The monoisotopic (exact) mass is 272 g/mol. The summed E-state index contributed by atoms with van der Waals surface area (Å²) >= 11 is 5.02. The largest absolute Gasteiger partial charge is 0.389 e. The molecule has 2 aromatic rings. The van der Waals surface area contributed by atoms with Crippen molar-refractivity contribution in [2.75, 3.05) is 5.32 Å². The quantitative estimate of drug-likeness (QED) is 0.818. The third-order valence-corrected chi connectivity index (χ3v) is 3.12. The highest BCUT2D eigenvalue weighted by molar-refractivity contribution is 7.80. The van der Waals surface area contributed by atoms with Crippen LogP contribution in [0.1, 0.15) is 23.7 Å². The maximum atomic E-state index is 5.69. The standard InChI is InChI=1S/C14H16N4S/c1-2-10-4-3-6-17-12(10)9-18-13-8-16-7-5-11(13)14(15)19/h3-8,18H,2,9H2,1H3,(H2,15,19). The number of thiocarbonyl (C=S) groups is 1. The minimum absolute atomic E-state index is 0.363. The van der Waals surface area contributed by atoms with Gasteiger partial charge in [-0.15, -0.1) is 0 Å². The second-order valence-corrected chi connectivity index (χ2v) is 4.54. The molecular weight excluding hydrogens is 256 g/mol. The van der Waals surface area contributed by atoms with Gasteiger partial charge in [0.05, 0.1) is 24.1 Å². The van der Waals surface area contributed by atoms with E-state index in [-0.39, 0.29) is 0 Å². The zero-order valence-corrected chi connectivity index (χ0v) is 11.6. The Morgan fingerprint density at radius 1 is 1.37 bits per heavy atom. The first-order chi connectivity index (χ1) is 9.22. The minimum Gasteiger partial charge on any atom is -0.389 e. The van der Waals surface area contributed by atoms with E-state index in [9.17, 15) is 0 Å². The van der Waals surface area contributed by atoms with Gasteiger partial charge in [0.25, 0.3) is 0 Å². The van der Waals surface area contributed by atoms with Gasteiger partial charge in [-0.3, -0.25) is 9.97 Å². The second-order valence-electron chi connectivity index (χ2n) is 4.10. The Bertz CT molecular complexity index is 583. The van der Waals surface area contributed by atoms with Crippen LogP contribution in [-0.4, -0.2) is 15.0 Å². The van der Waals surface area contributed by atoms with Crippen LogP contribution in [0.25, 0.3) is 0 Å². The molecule has 0 saturated heterocycles. The molecule has 4 nitrogen and oxygen atoms in total. The molecule has 0 aliphatic heterocycles. The smallest absolute Gasteiger partial charge is 0.106 e. The van der Waals surface area contributed by atoms with E-state index in [1.807, 2.05) is 12.1 Å². The van der Waals surface area contributed by atoms with Crippen LogP contribution in [0.5, 0.6) is 0 Å². The van der Waals surface area contributed by atoms with Crippen LogP contribution >= 0.6 is 12.2 Å². The van der Waals surface area contributed by atoms with Crippen LogP contribution in [0.3, 0.4) is 0 Å². The van der Waals surface area contributed by atoms with Crippen LogP contribution in [0.4, 0.5) is 5.69 Å². The normalized spacial score (nSPS) is 10.2. The van der Waals surface area contributed by atoms with Gasteiger partial charge in [-0.25, -0.2) is 0 Å². The summed E-state index contributed by atoms with van der Waals surface area (Å²) in [6, 6.07) is 5.85. The maximum absolute atomic E-state index is 5.69.